The summed E-state index contributed by atoms with van der Waals surface area (Å²) in [5.74, 6) is -0.467. The van der Waals surface area contributed by atoms with Gasteiger partial charge in [-0.25, -0.2) is 8.42 Å². The molecule has 2 aromatic carbocycles. The maximum Gasteiger partial charge on any atom is 0.270 e. The van der Waals surface area contributed by atoms with E-state index in [1.165, 1.54) is 10.4 Å². The average Bonchev–Trinajstić information content (AvgIpc) is 2.70. The van der Waals surface area contributed by atoms with E-state index in [-0.39, 0.29) is 40.5 Å². The molecule has 1 heterocycles. The summed E-state index contributed by atoms with van der Waals surface area (Å²) < 4.78 is 27.1. The van der Waals surface area contributed by atoms with Crippen molar-refractivity contribution in [1.82, 2.24) is 4.31 Å². The van der Waals surface area contributed by atoms with Crippen molar-refractivity contribution in [2.45, 2.75) is 31.6 Å². The van der Waals surface area contributed by atoms with Crippen molar-refractivity contribution in [3.8, 4) is 0 Å². The summed E-state index contributed by atoms with van der Waals surface area (Å²) in [5, 5.41) is 13.8. The molecular weight excluding hydrogens is 430 g/mol. The first kappa shape index (κ1) is 22.2. The maximum absolute atomic E-state index is 12.9. The molecule has 8 nitrogen and oxygen atoms in total. The third-order valence-electron chi connectivity index (χ3n) is 5.21. The van der Waals surface area contributed by atoms with Crippen molar-refractivity contribution >= 4 is 38.9 Å². The summed E-state index contributed by atoms with van der Waals surface area (Å²) in [7, 11) is -4.00. The van der Waals surface area contributed by atoms with Crippen LogP contribution in [0, 0.1) is 29.9 Å². The zero-order valence-corrected chi connectivity index (χ0v) is 18.2. The number of anilines is 1. The molecule has 1 aliphatic rings. The summed E-state index contributed by atoms with van der Waals surface area (Å²) in [5.41, 5.74) is 2.46. The Labute approximate surface area is 180 Å². The monoisotopic (exact) mass is 451 g/mol. The molecule has 1 saturated heterocycles. The van der Waals surface area contributed by atoms with Gasteiger partial charge in [-0.05, 0) is 44.4 Å². The van der Waals surface area contributed by atoms with E-state index >= 15 is 0 Å². The van der Waals surface area contributed by atoms with E-state index in [9.17, 15) is 23.3 Å². The van der Waals surface area contributed by atoms with Gasteiger partial charge in [-0.15, -0.1) is 0 Å². The highest BCUT2D eigenvalue weighted by atomic mass is 35.5. The van der Waals surface area contributed by atoms with Gasteiger partial charge >= 0.3 is 0 Å². The Morgan fingerprint density at radius 2 is 1.83 bits per heavy atom. The van der Waals surface area contributed by atoms with Gasteiger partial charge in [0.05, 0.1) is 9.95 Å². The van der Waals surface area contributed by atoms with Crippen molar-refractivity contribution in [2.24, 2.45) is 5.92 Å². The Balaban J connectivity index is 1.69. The van der Waals surface area contributed by atoms with Gasteiger partial charge in [0.15, 0.2) is 0 Å². The molecule has 160 valence electrons. The van der Waals surface area contributed by atoms with Crippen LogP contribution in [0.4, 0.5) is 11.4 Å². The number of halogens is 1. The molecule has 0 spiro atoms. The van der Waals surface area contributed by atoms with Gasteiger partial charge in [0.25, 0.3) is 5.69 Å². The largest absolute Gasteiger partial charge is 0.326 e. The molecule has 0 saturated carbocycles. The third kappa shape index (κ3) is 4.63. The standard InChI is InChI=1S/C20H22ClN3O5S/c1-13-3-6-18(14(2)11-13)22-20(25)15-7-9-23(10-8-15)30(28,29)19-12-16(24(26)27)4-5-17(19)21/h3-6,11-12,15H,7-10H2,1-2H3,(H,22,25). The Morgan fingerprint density at radius 3 is 2.43 bits per heavy atom. The van der Waals surface area contributed by atoms with E-state index in [2.05, 4.69) is 5.32 Å². The van der Waals surface area contributed by atoms with Crippen molar-refractivity contribution in [1.29, 1.82) is 0 Å². The molecule has 0 aromatic heterocycles. The molecule has 1 aliphatic heterocycles. The minimum Gasteiger partial charge on any atom is -0.326 e. The maximum atomic E-state index is 12.9. The second kappa shape index (κ2) is 8.71. The van der Waals surface area contributed by atoms with Gasteiger partial charge in [0, 0.05) is 36.8 Å². The molecule has 30 heavy (non-hydrogen) atoms. The van der Waals surface area contributed by atoms with Crippen LogP contribution in [-0.4, -0.2) is 36.6 Å². The summed E-state index contributed by atoms with van der Waals surface area (Å²) in [6.07, 6.45) is 0.699. The number of hydrogen-bond acceptors (Lipinski definition) is 5. The Kier molecular flexibility index (Phi) is 6.44. The predicted molar refractivity (Wildman–Crippen MR) is 114 cm³/mol. The molecule has 1 amide bonds. The molecule has 0 atom stereocenters. The molecule has 1 fully saturated rings. The molecule has 10 heteroatoms. The summed E-state index contributed by atoms with van der Waals surface area (Å²) in [6.45, 7) is 4.15. The molecule has 0 bridgehead atoms. The second-order valence-electron chi connectivity index (χ2n) is 7.36. The van der Waals surface area contributed by atoms with Crippen molar-refractivity contribution in [2.75, 3.05) is 18.4 Å². The van der Waals surface area contributed by atoms with Gasteiger partial charge in [0.1, 0.15) is 4.90 Å². The van der Waals surface area contributed by atoms with Crippen LogP contribution in [0.2, 0.25) is 5.02 Å². The molecule has 0 aliphatic carbocycles. The van der Waals surface area contributed by atoms with Crippen LogP contribution in [0.5, 0.6) is 0 Å². The van der Waals surface area contributed by atoms with Crippen LogP contribution >= 0.6 is 11.6 Å². The number of piperidine rings is 1. The van der Waals surface area contributed by atoms with Crippen molar-refractivity contribution < 1.29 is 18.1 Å². The number of aryl methyl sites for hydroxylation is 2. The first-order chi connectivity index (χ1) is 14.1. The average molecular weight is 452 g/mol. The van der Waals surface area contributed by atoms with E-state index in [0.29, 0.717) is 12.8 Å². The molecule has 0 radical (unpaired) electrons. The van der Waals surface area contributed by atoms with Crippen molar-refractivity contribution in [3.05, 3.63) is 62.7 Å². The lowest BCUT2D eigenvalue weighted by Crippen LogP contribution is -2.41. The topological polar surface area (TPSA) is 110 Å². The SMILES string of the molecule is Cc1ccc(NC(=O)C2CCN(S(=O)(=O)c3cc([N+](=O)[O-])ccc3Cl)CC2)c(C)c1. The number of nitro groups is 1. The number of non-ortho nitro benzene ring substituents is 1. The number of nitro benzene ring substituents is 1. The molecular formula is C20H22ClN3O5S. The number of nitrogens with zero attached hydrogens (tertiary/aromatic N) is 2. The van der Waals surface area contributed by atoms with E-state index in [1.54, 1.807) is 0 Å². The smallest absolute Gasteiger partial charge is 0.270 e. The number of carbonyl (C=O) groups excluding carboxylic acids is 1. The normalized spacial score (nSPS) is 15.7. The number of carbonyl (C=O) groups is 1. The number of nitrogens with one attached hydrogen (secondary N) is 1. The number of amides is 1. The first-order valence-electron chi connectivity index (χ1n) is 9.42. The number of hydrogen-bond donors (Lipinski definition) is 1. The minimum absolute atomic E-state index is 0.0738. The van der Waals surface area contributed by atoms with Crippen LogP contribution in [0.1, 0.15) is 24.0 Å². The predicted octanol–water partition coefficient (Wildman–Crippen LogP) is 3.90. The summed E-state index contributed by atoms with van der Waals surface area (Å²) in [4.78, 5) is 22.7. The lowest BCUT2D eigenvalue weighted by molar-refractivity contribution is -0.385. The number of sulfonamides is 1. The van der Waals surface area contributed by atoms with Crippen LogP contribution in [0.25, 0.3) is 0 Å². The van der Waals surface area contributed by atoms with Gasteiger partial charge in [-0.2, -0.15) is 4.31 Å². The van der Waals surface area contributed by atoms with Gasteiger partial charge in [0.2, 0.25) is 15.9 Å². The first-order valence-corrected chi connectivity index (χ1v) is 11.2. The van der Waals surface area contributed by atoms with Crippen LogP contribution in [-0.2, 0) is 14.8 Å². The van der Waals surface area contributed by atoms with Crippen molar-refractivity contribution in [3.63, 3.8) is 0 Å². The Bertz CT molecular complexity index is 1100. The van der Waals surface area contributed by atoms with Crippen LogP contribution < -0.4 is 5.32 Å². The summed E-state index contributed by atoms with van der Waals surface area (Å²) in [6, 6.07) is 9.08. The lowest BCUT2D eigenvalue weighted by atomic mass is 9.97. The minimum atomic E-state index is -4.00. The molecule has 2 aromatic rings. The highest BCUT2D eigenvalue weighted by molar-refractivity contribution is 7.89. The fourth-order valence-electron chi connectivity index (χ4n) is 3.49. The van der Waals surface area contributed by atoms with Crippen LogP contribution in [0.3, 0.4) is 0 Å². The van der Waals surface area contributed by atoms with E-state index in [0.717, 1.165) is 28.9 Å². The van der Waals surface area contributed by atoms with E-state index in [1.807, 2.05) is 32.0 Å². The third-order valence-corrected chi connectivity index (χ3v) is 7.59. The number of rotatable bonds is 5. The summed E-state index contributed by atoms with van der Waals surface area (Å²) >= 11 is 6.01. The van der Waals surface area contributed by atoms with Gasteiger partial charge in [-0.1, -0.05) is 29.3 Å². The molecule has 1 N–H and O–H groups in total. The fraction of sp³-hybridized carbons (Fsp3) is 0.350. The fourth-order valence-corrected chi connectivity index (χ4v) is 5.45. The Hall–Kier alpha value is -2.49. The van der Waals surface area contributed by atoms with E-state index < -0.39 is 14.9 Å². The van der Waals surface area contributed by atoms with Crippen LogP contribution in [0.15, 0.2) is 41.3 Å². The zero-order valence-electron chi connectivity index (χ0n) is 16.6. The second-order valence-corrected chi connectivity index (χ2v) is 9.67. The Morgan fingerprint density at radius 1 is 1.17 bits per heavy atom. The molecule has 0 unspecified atom stereocenters. The van der Waals surface area contributed by atoms with E-state index in [4.69, 9.17) is 11.6 Å². The highest BCUT2D eigenvalue weighted by Crippen LogP contribution is 2.31. The highest BCUT2D eigenvalue weighted by Gasteiger charge is 2.34. The van der Waals surface area contributed by atoms with Gasteiger partial charge in [-0.3, -0.25) is 14.9 Å². The molecule has 3 rings (SSSR count). The lowest BCUT2D eigenvalue weighted by Gasteiger charge is -2.30. The zero-order chi connectivity index (χ0) is 22.1. The number of benzene rings is 2. The van der Waals surface area contributed by atoms with Gasteiger partial charge < -0.3 is 5.32 Å². The quantitative estimate of drug-likeness (QED) is 0.547.